The Morgan fingerprint density at radius 2 is 1.68 bits per heavy atom. The maximum atomic E-state index is 12.4. The normalized spacial score (nSPS) is 10.6. The van der Waals surface area contributed by atoms with E-state index in [-0.39, 0.29) is 30.7 Å². The number of furan rings is 1. The van der Waals surface area contributed by atoms with Crippen molar-refractivity contribution in [3.63, 3.8) is 0 Å². The Kier molecular flexibility index (Phi) is 6.98. The second-order valence-electron chi connectivity index (χ2n) is 7.41. The van der Waals surface area contributed by atoms with Crippen LogP contribution in [0.5, 0.6) is 11.5 Å². The molecule has 1 aromatic heterocycles. The average molecular weight is 460 g/mol. The third-order valence-electron chi connectivity index (χ3n) is 5.01. The molecule has 8 nitrogen and oxygen atoms in total. The summed E-state index contributed by atoms with van der Waals surface area (Å²) < 4.78 is 16.7. The van der Waals surface area contributed by atoms with Crippen LogP contribution in [-0.4, -0.2) is 31.6 Å². The number of hydrogen-bond acceptors (Lipinski definition) is 6. The molecule has 0 radical (unpaired) electrons. The van der Waals surface area contributed by atoms with E-state index in [1.165, 1.54) is 0 Å². The number of nitrogens with one attached hydrogen (secondary N) is 2. The highest BCUT2D eigenvalue weighted by molar-refractivity contribution is 6.05. The van der Waals surface area contributed by atoms with Crippen molar-refractivity contribution >= 4 is 34.2 Å². The van der Waals surface area contributed by atoms with Crippen molar-refractivity contribution in [1.29, 1.82) is 0 Å². The largest absolute Gasteiger partial charge is 0.494 e. The zero-order valence-corrected chi connectivity index (χ0v) is 18.7. The van der Waals surface area contributed by atoms with Crippen LogP contribution in [0.4, 0.5) is 11.4 Å². The number of carbonyl (C=O) groups excluding carboxylic acids is 2. The number of ether oxygens (including phenoxy) is 2. The van der Waals surface area contributed by atoms with Gasteiger partial charge in [0.15, 0.2) is 5.76 Å². The van der Waals surface area contributed by atoms with Crippen LogP contribution in [0.2, 0.25) is 0 Å². The fraction of sp³-hybridized carbons (Fsp3) is 0.154. The van der Waals surface area contributed by atoms with E-state index in [0.29, 0.717) is 40.6 Å². The van der Waals surface area contributed by atoms with Gasteiger partial charge in [-0.1, -0.05) is 12.1 Å². The molecule has 0 fully saturated rings. The van der Waals surface area contributed by atoms with Crippen molar-refractivity contribution < 1.29 is 23.5 Å². The Labute approximate surface area is 196 Å². The summed E-state index contributed by atoms with van der Waals surface area (Å²) in [7, 11) is 0. The molecule has 4 aromatic rings. The van der Waals surface area contributed by atoms with Gasteiger partial charge in [-0.15, -0.1) is 0 Å². The van der Waals surface area contributed by atoms with Gasteiger partial charge in [0.1, 0.15) is 23.7 Å². The molecule has 2 amide bonds. The Bertz CT molecular complexity index is 1300. The smallest absolute Gasteiger partial charge is 0.287 e. The fourth-order valence-electron chi connectivity index (χ4n) is 3.31. The number of nitrogens with two attached hydrogens (primary N) is 1. The van der Waals surface area contributed by atoms with E-state index in [1.54, 1.807) is 60.7 Å². The summed E-state index contributed by atoms with van der Waals surface area (Å²) in [6.07, 6.45) is 0. The number of carbonyl (C=O) groups is 2. The van der Waals surface area contributed by atoms with E-state index in [2.05, 4.69) is 10.6 Å². The molecule has 4 N–H and O–H groups in total. The molecule has 0 aliphatic rings. The minimum absolute atomic E-state index is 0.220. The summed E-state index contributed by atoms with van der Waals surface area (Å²) in [5, 5.41) is 6.37. The molecule has 0 bridgehead atoms. The molecule has 174 valence electrons. The lowest BCUT2D eigenvalue weighted by atomic mass is 10.2. The number of nitrogen functional groups attached to an aromatic ring is 1. The summed E-state index contributed by atoms with van der Waals surface area (Å²) in [4.78, 5) is 24.8. The SMILES string of the molecule is CCOc1ccc2cc(C(=O)NCCOc3ccc(C(=O)Nc4ccccc4N)cc3)oc2c1. The second-order valence-corrected chi connectivity index (χ2v) is 7.41. The van der Waals surface area contributed by atoms with Crippen molar-refractivity contribution in [1.82, 2.24) is 5.32 Å². The quantitative estimate of drug-likeness (QED) is 0.251. The van der Waals surface area contributed by atoms with Crippen LogP contribution < -0.4 is 25.8 Å². The van der Waals surface area contributed by atoms with Crippen molar-refractivity contribution in [2.45, 2.75) is 6.92 Å². The van der Waals surface area contributed by atoms with Gasteiger partial charge < -0.3 is 30.3 Å². The van der Waals surface area contributed by atoms with Crippen molar-refractivity contribution in [2.24, 2.45) is 0 Å². The van der Waals surface area contributed by atoms with Gasteiger partial charge in [-0.25, -0.2) is 0 Å². The molecule has 0 spiro atoms. The molecule has 34 heavy (non-hydrogen) atoms. The number of hydrogen-bond donors (Lipinski definition) is 3. The van der Waals surface area contributed by atoms with E-state index >= 15 is 0 Å². The minimum Gasteiger partial charge on any atom is -0.494 e. The van der Waals surface area contributed by atoms with Gasteiger partial charge in [-0.3, -0.25) is 9.59 Å². The summed E-state index contributed by atoms with van der Waals surface area (Å²) >= 11 is 0. The highest BCUT2D eigenvalue weighted by atomic mass is 16.5. The second kappa shape index (κ2) is 10.4. The summed E-state index contributed by atoms with van der Waals surface area (Å²) in [6, 6.07) is 20.9. The third kappa shape index (κ3) is 5.47. The topological polar surface area (TPSA) is 116 Å². The molecular formula is C26H25N3O5. The minimum atomic E-state index is -0.329. The molecule has 0 unspecified atom stereocenters. The Morgan fingerprint density at radius 3 is 2.44 bits per heavy atom. The van der Waals surface area contributed by atoms with E-state index in [1.807, 2.05) is 19.1 Å². The Balaban J connectivity index is 1.25. The van der Waals surface area contributed by atoms with E-state index < -0.39 is 0 Å². The number of fused-ring (bicyclic) bond motifs is 1. The van der Waals surface area contributed by atoms with Gasteiger partial charge in [0, 0.05) is 17.0 Å². The predicted molar refractivity (Wildman–Crippen MR) is 130 cm³/mol. The molecule has 1 heterocycles. The number of para-hydroxylation sites is 2. The monoisotopic (exact) mass is 459 g/mol. The van der Waals surface area contributed by atoms with Crippen molar-refractivity contribution in [3.8, 4) is 11.5 Å². The first kappa shape index (κ1) is 22.7. The molecule has 0 saturated carbocycles. The first-order valence-corrected chi connectivity index (χ1v) is 10.9. The van der Waals surface area contributed by atoms with Gasteiger partial charge in [-0.2, -0.15) is 0 Å². The molecule has 0 aliphatic carbocycles. The maximum absolute atomic E-state index is 12.4. The first-order chi connectivity index (χ1) is 16.5. The average Bonchev–Trinajstić information content (AvgIpc) is 3.27. The lowest BCUT2D eigenvalue weighted by Gasteiger charge is -2.09. The van der Waals surface area contributed by atoms with Gasteiger partial charge in [0.05, 0.1) is 24.5 Å². The summed E-state index contributed by atoms with van der Waals surface area (Å²) in [5.74, 6) is 0.897. The molecule has 0 aliphatic heterocycles. The zero-order valence-electron chi connectivity index (χ0n) is 18.7. The van der Waals surface area contributed by atoms with Crippen LogP contribution in [0.1, 0.15) is 27.8 Å². The fourth-order valence-corrected chi connectivity index (χ4v) is 3.31. The Hall–Kier alpha value is -4.46. The highest BCUT2D eigenvalue weighted by Crippen LogP contribution is 2.24. The number of anilines is 2. The lowest BCUT2D eigenvalue weighted by molar-refractivity contribution is 0.0920. The molecule has 4 rings (SSSR count). The van der Waals surface area contributed by atoms with Crippen molar-refractivity contribution in [2.75, 3.05) is 30.8 Å². The van der Waals surface area contributed by atoms with E-state index in [4.69, 9.17) is 19.6 Å². The first-order valence-electron chi connectivity index (χ1n) is 10.9. The number of rotatable bonds is 9. The number of benzene rings is 3. The van der Waals surface area contributed by atoms with Gasteiger partial charge in [0.2, 0.25) is 0 Å². The third-order valence-corrected chi connectivity index (χ3v) is 5.01. The molecule has 0 atom stereocenters. The molecule has 0 saturated heterocycles. The highest BCUT2D eigenvalue weighted by Gasteiger charge is 2.13. The molecule has 8 heteroatoms. The van der Waals surface area contributed by atoms with Crippen molar-refractivity contribution in [3.05, 3.63) is 84.1 Å². The van der Waals surface area contributed by atoms with Crippen LogP contribution in [0.15, 0.2) is 77.2 Å². The van der Waals surface area contributed by atoms with Crippen LogP contribution in [-0.2, 0) is 0 Å². The van der Waals surface area contributed by atoms with Crippen LogP contribution in [0, 0.1) is 0 Å². The van der Waals surface area contributed by atoms with Crippen LogP contribution in [0.3, 0.4) is 0 Å². The molecular weight excluding hydrogens is 434 g/mol. The van der Waals surface area contributed by atoms with E-state index in [0.717, 1.165) is 5.39 Å². The maximum Gasteiger partial charge on any atom is 0.287 e. The van der Waals surface area contributed by atoms with E-state index in [9.17, 15) is 9.59 Å². The predicted octanol–water partition coefficient (Wildman–Crippen LogP) is 4.47. The summed E-state index contributed by atoms with van der Waals surface area (Å²) in [6.45, 7) is 3.00. The van der Waals surface area contributed by atoms with Crippen LogP contribution >= 0.6 is 0 Å². The van der Waals surface area contributed by atoms with Gasteiger partial charge in [0.25, 0.3) is 11.8 Å². The van der Waals surface area contributed by atoms with Gasteiger partial charge in [-0.05, 0) is 61.5 Å². The zero-order chi connectivity index (χ0) is 23.9. The molecule has 3 aromatic carbocycles. The lowest BCUT2D eigenvalue weighted by Crippen LogP contribution is -2.27. The summed E-state index contributed by atoms with van der Waals surface area (Å²) in [5.41, 5.74) is 7.98. The van der Waals surface area contributed by atoms with Crippen LogP contribution in [0.25, 0.3) is 11.0 Å². The van der Waals surface area contributed by atoms with Gasteiger partial charge >= 0.3 is 0 Å². The standard InChI is InChI=1S/C26H25N3O5/c1-2-32-20-12-9-18-15-24(34-23(18)16-20)26(31)28-13-14-33-19-10-7-17(8-11-19)25(30)29-22-6-4-3-5-21(22)27/h3-12,15-16H,2,13-14,27H2,1H3,(H,28,31)(H,29,30). The number of amides is 2. The Morgan fingerprint density at radius 1 is 0.912 bits per heavy atom.